The van der Waals surface area contributed by atoms with Crippen molar-refractivity contribution in [1.29, 1.82) is 0 Å². The lowest BCUT2D eigenvalue weighted by atomic mass is 10.1. The third kappa shape index (κ3) is 5.15. The molecule has 0 saturated carbocycles. The van der Waals surface area contributed by atoms with Crippen LogP contribution in [0.2, 0.25) is 5.02 Å². The lowest BCUT2D eigenvalue weighted by molar-refractivity contribution is -0.137. The number of hydrogen-bond donors (Lipinski definition) is 1. The summed E-state index contributed by atoms with van der Waals surface area (Å²) in [7, 11) is 0. The first-order chi connectivity index (χ1) is 16.0. The fourth-order valence-electron chi connectivity index (χ4n) is 4.33. The zero-order valence-electron chi connectivity index (χ0n) is 18.7. The van der Waals surface area contributed by atoms with Crippen molar-refractivity contribution in [3.8, 4) is 0 Å². The number of fused-ring (bicyclic) bond motifs is 1. The third-order valence-electron chi connectivity index (χ3n) is 5.99. The van der Waals surface area contributed by atoms with Gasteiger partial charge in [-0.2, -0.15) is 18.3 Å². The molecule has 2 aliphatic rings. The molecule has 0 aliphatic carbocycles. The van der Waals surface area contributed by atoms with Gasteiger partial charge in [0.25, 0.3) is 5.91 Å². The van der Waals surface area contributed by atoms with Gasteiger partial charge in [-0.15, -0.1) is 0 Å². The Kier molecular flexibility index (Phi) is 6.77. The number of hydrogen-bond acceptors (Lipinski definition) is 5. The Labute approximate surface area is 199 Å². The quantitative estimate of drug-likeness (QED) is 0.699. The summed E-state index contributed by atoms with van der Waals surface area (Å²) in [5, 5.41) is 7.62. The Morgan fingerprint density at radius 2 is 1.85 bits per heavy atom. The predicted octanol–water partition coefficient (Wildman–Crippen LogP) is 3.53. The fraction of sp³-hybridized carbons (Fsp3) is 0.500. The van der Waals surface area contributed by atoms with E-state index in [0.29, 0.717) is 37.6 Å². The van der Waals surface area contributed by atoms with Crippen LogP contribution >= 0.6 is 11.6 Å². The maximum atomic E-state index is 13.1. The number of nitrogens with zero attached hydrogens (tertiary/aromatic N) is 4. The summed E-state index contributed by atoms with van der Waals surface area (Å²) in [4.78, 5) is 28.9. The summed E-state index contributed by atoms with van der Waals surface area (Å²) < 4.78 is 45.9. The van der Waals surface area contributed by atoms with E-state index in [2.05, 4.69) is 10.4 Å². The first-order valence-corrected chi connectivity index (χ1v) is 11.3. The van der Waals surface area contributed by atoms with Crippen LogP contribution in [0.1, 0.15) is 41.2 Å². The molecule has 34 heavy (non-hydrogen) atoms. The van der Waals surface area contributed by atoms with Gasteiger partial charge in [0, 0.05) is 36.7 Å². The topological polar surface area (TPSA) is 79.7 Å². The summed E-state index contributed by atoms with van der Waals surface area (Å²) >= 11 is 5.78. The molecule has 1 fully saturated rings. The summed E-state index contributed by atoms with van der Waals surface area (Å²) in [5.41, 5.74) is 0.245. The molecule has 3 heterocycles. The van der Waals surface area contributed by atoms with Gasteiger partial charge in [-0.25, -0.2) is 4.79 Å². The van der Waals surface area contributed by atoms with Crippen LogP contribution in [-0.4, -0.2) is 63.3 Å². The number of alkyl halides is 3. The van der Waals surface area contributed by atoms with Crippen molar-refractivity contribution in [3.63, 3.8) is 0 Å². The molecule has 12 heteroatoms. The highest BCUT2D eigenvalue weighted by Crippen LogP contribution is 2.32. The molecule has 2 amide bonds. The Balaban J connectivity index is 1.40. The third-order valence-corrected chi connectivity index (χ3v) is 6.20. The normalized spacial score (nSPS) is 20.8. The molecule has 0 bridgehead atoms. The van der Waals surface area contributed by atoms with E-state index in [1.807, 2.05) is 18.7 Å². The zero-order valence-corrected chi connectivity index (χ0v) is 19.5. The second-order valence-electron chi connectivity index (χ2n) is 8.63. The molecule has 4 rings (SSSR count). The molecule has 2 atom stereocenters. The predicted molar refractivity (Wildman–Crippen MR) is 117 cm³/mol. The van der Waals surface area contributed by atoms with Gasteiger partial charge in [0.2, 0.25) is 0 Å². The lowest BCUT2D eigenvalue weighted by Gasteiger charge is -2.39. The number of carbonyl (C=O) groups is 2. The van der Waals surface area contributed by atoms with Crippen LogP contribution in [0.25, 0.3) is 0 Å². The number of nitrogens with one attached hydrogen (secondary N) is 1. The molecular formula is C22H25ClF3N5O3. The molecule has 0 radical (unpaired) electrons. The number of benzene rings is 1. The summed E-state index contributed by atoms with van der Waals surface area (Å²) in [6.07, 6.45) is -5.22. The smallest absolute Gasteiger partial charge is 0.416 e. The first-order valence-electron chi connectivity index (χ1n) is 10.9. The van der Waals surface area contributed by atoms with E-state index in [4.69, 9.17) is 16.3 Å². The number of halogens is 4. The van der Waals surface area contributed by atoms with Crippen molar-refractivity contribution in [1.82, 2.24) is 24.9 Å². The van der Waals surface area contributed by atoms with Crippen molar-refractivity contribution >= 4 is 23.6 Å². The molecule has 1 aromatic carbocycles. The van der Waals surface area contributed by atoms with E-state index in [1.165, 1.54) is 11.0 Å². The molecule has 2 aromatic rings. The van der Waals surface area contributed by atoms with E-state index >= 15 is 0 Å². The fourth-order valence-corrected chi connectivity index (χ4v) is 4.58. The Morgan fingerprint density at radius 1 is 1.15 bits per heavy atom. The van der Waals surface area contributed by atoms with Gasteiger partial charge < -0.3 is 19.9 Å². The Morgan fingerprint density at radius 3 is 2.53 bits per heavy atom. The molecule has 1 N–H and O–H groups in total. The van der Waals surface area contributed by atoms with Crippen molar-refractivity contribution in [2.45, 2.75) is 51.8 Å². The van der Waals surface area contributed by atoms with Crippen molar-refractivity contribution in [2.24, 2.45) is 0 Å². The molecule has 184 valence electrons. The minimum absolute atomic E-state index is 0.0332. The Hall–Kier alpha value is -2.79. The zero-order chi connectivity index (χ0) is 24.6. The number of rotatable bonds is 3. The molecular weight excluding hydrogens is 475 g/mol. The second kappa shape index (κ2) is 9.46. The summed E-state index contributed by atoms with van der Waals surface area (Å²) in [6.45, 7) is 5.87. The average molecular weight is 500 g/mol. The van der Waals surface area contributed by atoms with Crippen LogP contribution in [-0.2, 0) is 30.6 Å². The number of carbonyl (C=O) groups excluding carboxylic acids is 2. The maximum Gasteiger partial charge on any atom is 0.416 e. The van der Waals surface area contributed by atoms with Gasteiger partial charge in [0.1, 0.15) is 6.61 Å². The largest absolute Gasteiger partial charge is 0.445 e. The SMILES string of the molecule is CC1CNCC(C)N1C(=O)c1cc2n(n1)CCN(C(=O)OCc1cc(Cl)cc(C(F)(F)F)c1)C2. The number of amides is 2. The minimum atomic E-state index is -4.55. The van der Waals surface area contributed by atoms with E-state index < -0.39 is 17.8 Å². The average Bonchev–Trinajstić information content (AvgIpc) is 3.20. The van der Waals surface area contributed by atoms with Crippen LogP contribution in [0.5, 0.6) is 0 Å². The van der Waals surface area contributed by atoms with Crippen molar-refractivity contribution in [2.75, 3.05) is 19.6 Å². The van der Waals surface area contributed by atoms with Gasteiger partial charge in [0.15, 0.2) is 5.69 Å². The van der Waals surface area contributed by atoms with Crippen LogP contribution < -0.4 is 5.32 Å². The number of piperazine rings is 1. The summed E-state index contributed by atoms with van der Waals surface area (Å²) in [5.74, 6) is -0.154. The molecule has 0 spiro atoms. The van der Waals surface area contributed by atoms with Crippen LogP contribution in [0.4, 0.5) is 18.0 Å². The van der Waals surface area contributed by atoms with Gasteiger partial charge >= 0.3 is 12.3 Å². The Bertz CT molecular complexity index is 1080. The van der Waals surface area contributed by atoms with Gasteiger partial charge in [-0.1, -0.05) is 11.6 Å². The van der Waals surface area contributed by atoms with Crippen molar-refractivity contribution in [3.05, 3.63) is 51.8 Å². The lowest BCUT2D eigenvalue weighted by Crippen LogP contribution is -2.57. The van der Waals surface area contributed by atoms with E-state index in [1.54, 1.807) is 10.7 Å². The molecule has 2 unspecified atom stereocenters. The van der Waals surface area contributed by atoms with Gasteiger partial charge in [0.05, 0.1) is 24.3 Å². The summed E-state index contributed by atoms with van der Waals surface area (Å²) in [6, 6.07) is 4.79. The maximum absolute atomic E-state index is 13.1. The standard InChI is InChI=1S/C22H25ClF3N5O3/c1-13-9-27-10-14(2)31(13)20(32)19-8-18-11-29(3-4-30(18)28-19)21(33)34-12-15-5-16(22(24,25)26)7-17(23)6-15/h5-8,13-14,27H,3-4,9-12H2,1-2H3. The van der Waals surface area contributed by atoms with E-state index in [9.17, 15) is 22.8 Å². The first kappa shape index (κ1) is 24.3. The van der Waals surface area contributed by atoms with Crippen molar-refractivity contribution < 1.29 is 27.5 Å². The number of ether oxygens (including phenoxy) is 1. The van der Waals surface area contributed by atoms with E-state index in [-0.39, 0.29) is 41.7 Å². The molecule has 1 saturated heterocycles. The van der Waals surface area contributed by atoms with Crippen LogP contribution in [0.3, 0.4) is 0 Å². The number of aromatic nitrogens is 2. The van der Waals surface area contributed by atoms with Gasteiger partial charge in [-0.05, 0) is 43.7 Å². The van der Waals surface area contributed by atoms with E-state index in [0.717, 1.165) is 12.1 Å². The highest BCUT2D eigenvalue weighted by Gasteiger charge is 2.33. The minimum Gasteiger partial charge on any atom is -0.445 e. The monoisotopic (exact) mass is 499 g/mol. The van der Waals surface area contributed by atoms with Gasteiger partial charge in [-0.3, -0.25) is 9.48 Å². The highest BCUT2D eigenvalue weighted by molar-refractivity contribution is 6.30. The van der Waals surface area contributed by atoms with Crippen LogP contribution in [0.15, 0.2) is 24.3 Å². The second-order valence-corrected chi connectivity index (χ2v) is 9.07. The molecule has 8 nitrogen and oxygen atoms in total. The highest BCUT2D eigenvalue weighted by atomic mass is 35.5. The molecule has 1 aromatic heterocycles. The van der Waals surface area contributed by atoms with Crippen LogP contribution in [0, 0.1) is 0 Å². The molecule has 2 aliphatic heterocycles.